The van der Waals surface area contributed by atoms with Crippen LogP contribution in [0.25, 0.3) is 0 Å². The Morgan fingerprint density at radius 3 is 2.70 bits per heavy atom. The molecule has 0 spiro atoms. The smallest absolute Gasteiger partial charge is 0.253 e. The summed E-state index contributed by atoms with van der Waals surface area (Å²) in [5, 5.41) is 6.73. The first kappa shape index (κ1) is 17.7. The summed E-state index contributed by atoms with van der Waals surface area (Å²) < 4.78 is 5.63. The molecule has 4 nitrogen and oxygen atoms in total. The number of carbonyl (C=O) groups is 1. The number of rotatable bonds is 4. The molecule has 3 unspecified atom stereocenters. The molecule has 1 aliphatic carbocycles. The van der Waals surface area contributed by atoms with E-state index < -0.39 is 0 Å². The zero-order valence-corrected chi connectivity index (χ0v) is 16.0. The third kappa shape index (κ3) is 3.09. The van der Waals surface area contributed by atoms with Crippen molar-refractivity contribution in [2.75, 3.05) is 12.4 Å². The summed E-state index contributed by atoms with van der Waals surface area (Å²) in [6.07, 6.45) is 5.56. The molecule has 1 amide bonds. The number of benzene rings is 2. The van der Waals surface area contributed by atoms with Gasteiger partial charge in [-0.25, -0.2) is 0 Å². The van der Waals surface area contributed by atoms with Crippen molar-refractivity contribution in [1.29, 1.82) is 0 Å². The first-order valence-electron chi connectivity index (χ1n) is 9.60. The van der Waals surface area contributed by atoms with Crippen molar-refractivity contribution in [2.45, 2.75) is 38.3 Å². The highest BCUT2D eigenvalue weighted by Gasteiger charge is 2.40. The van der Waals surface area contributed by atoms with Crippen LogP contribution in [-0.4, -0.2) is 19.1 Å². The number of methoxy groups -OCH3 is 1. The number of hydrogen-bond donors (Lipinski definition) is 2. The summed E-state index contributed by atoms with van der Waals surface area (Å²) in [6.45, 7) is 3.96. The number of carbonyl (C=O) groups excluding carboxylic acids is 1. The van der Waals surface area contributed by atoms with Crippen LogP contribution in [-0.2, 0) is 0 Å². The summed E-state index contributed by atoms with van der Waals surface area (Å²) >= 11 is 0. The lowest BCUT2D eigenvalue weighted by molar-refractivity contribution is 0.0943. The van der Waals surface area contributed by atoms with Gasteiger partial charge < -0.3 is 15.4 Å². The minimum absolute atomic E-state index is 0.0337. The van der Waals surface area contributed by atoms with E-state index in [1.165, 1.54) is 5.56 Å². The van der Waals surface area contributed by atoms with Gasteiger partial charge in [0.25, 0.3) is 5.91 Å². The Morgan fingerprint density at radius 2 is 1.93 bits per heavy atom. The average molecular weight is 362 g/mol. The number of fused-ring (bicyclic) bond motifs is 3. The highest BCUT2D eigenvalue weighted by Crippen LogP contribution is 2.51. The lowest BCUT2D eigenvalue weighted by Gasteiger charge is -2.38. The van der Waals surface area contributed by atoms with Crippen LogP contribution in [0.2, 0.25) is 0 Å². The largest absolute Gasteiger partial charge is 0.496 e. The van der Waals surface area contributed by atoms with E-state index in [1.54, 1.807) is 7.11 Å². The number of amides is 1. The predicted molar refractivity (Wildman–Crippen MR) is 108 cm³/mol. The van der Waals surface area contributed by atoms with E-state index in [1.807, 2.05) is 44.2 Å². The van der Waals surface area contributed by atoms with Crippen molar-refractivity contribution in [2.24, 2.45) is 5.92 Å². The Balaban J connectivity index is 1.80. The number of nitrogens with one attached hydrogen (secondary N) is 2. The van der Waals surface area contributed by atoms with Gasteiger partial charge >= 0.3 is 0 Å². The van der Waals surface area contributed by atoms with Crippen molar-refractivity contribution < 1.29 is 9.53 Å². The Kier molecular flexibility index (Phi) is 4.65. The first-order chi connectivity index (χ1) is 13.1. The second kappa shape index (κ2) is 7.10. The molecule has 2 aliphatic rings. The predicted octanol–water partition coefficient (Wildman–Crippen LogP) is 4.66. The van der Waals surface area contributed by atoms with E-state index in [9.17, 15) is 4.79 Å². The molecule has 0 radical (unpaired) electrons. The molecule has 140 valence electrons. The molecular formula is C23H26N2O2. The molecular weight excluding hydrogens is 336 g/mol. The zero-order chi connectivity index (χ0) is 19.0. The number of para-hydroxylation sites is 2. The van der Waals surface area contributed by atoms with Crippen molar-refractivity contribution in [3.8, 4) is 5.75 Å². The normalized spacial score (nSPS) is 22.7. The number of ether oxygens (including phenoxy) is 1. The van der Waals surface area contributed by atoms with Crippen LogP contribution in [0, 0.1) is 5.92 Å². The van der Waals surface area contributed by atoms with Gasteiger partial charge in [-0.05, 0) is 43.9 Å². The van der Waals surface area contributed by atoms with E-state index in [-0.39, 0.29) is 18.0 Å². The van der Waals surface area contributed by atoms with Gasteiger partial charge in [0.05, 0.1) is 24.4 Å². The number of allylic oxidation sites excluding steroid dienone is 2. The summed E-state index contributed by atoms with van der Waals surface area (Å²) in [5.41, 5.74) is 4.00. The van der Waals surface area contributed by atoms with Gasteiger partial charge in [-0.1, -0.05) is 42.5 Å². The lowest BCUT2D eigenvalue weighted by atomic mass is 9.76. The molecule has 1 heterocycles. The fraction of sp³-hybridized carbons (Fsp3) is 0.348. The van der Waals surface area contributed by atoms with Crippen molar-refractivity contribution >= 4 is 11.6 Å². The quantitative estimate of drug-likeness (QED) is 0.778. The van der Waals surface area contributed by atoms with Gasteiger partial charge in [0.15, 0.2) is 0 Å². The highest BCUT2D eigenvalue weighted by atomic mass is 16.5. The summed E-state index contributed by atoms with van der Waals surface area (Å²) in [4.78, 5) is 12.8. The van der Waals surface area contributed by atoms with Crippen LogP contribution in [0.1, 0.15) is 53.7 Å². The minimum atomic E-state index is -0.0337. The van der Waals surface area contributed by atoms with E-state index in [0.29, 0.717) is 17.4 Å². The molecule has 4 rings (SSSR count). The van der Waals surface area contributed by atoms with E-state index >= 15 is 0 Å². The van der Waals surface area contributed by atoms with Crippen molar-refractivity contribution in [1.82, 2.24) is 5.32 Å². The topological polar surface area (TPSA) is 50.4 Å². The molecule has 3 atom stereocenters. The molecule has 27 heavy (non-hydrogen) atoms. The highest BCUT2D eigenvalue weighted by molar-refractivity contribution is 6.01. The van der Waals surface area contributed by atoms with Crippen LogP contribution in [0.3, 0.4) is 0 Å². The Morgan fingerprint density at radius 1 is 1.15 bits per heavy atom. The maximum atomic E-state index is 12.8. The van der Waals surface area contributed by atoms with Crippen LogP contribution >= 0.6 is 0 Å². The van der Waals surface area contributed by atoms with Crippen LogP contribution in [0.5, 0.6) is 5.75 Å². The molecule has 2 aromatic rings. The van der Waals surface area contributed by atoms with Crippen LogP contribution < -0.4 is 15.4 Å². The van der Waals surface area contributed by atoms with Crippen molar-refractivity contribution in [3.05, 3.63) is 71.3 Å². The minimum Gasteiger partial charge on any atom is -0.496 e. The Bertz CT molecular complexity index is 888. The molecule has 2 N–H and O–H groups in total. The SMILES string of the molecule is COc1ccccc1C1Nc2c(C(=O)NC(C)C)cccc2C2C=CCC21. The summed E-state index contributed by atoms with van der Waals surface area (Å²) in [6, 6.07) is 14.4. The number of anilines is 1. The maximum Gasteiger partial charge on any atom is 0.253 e. The molecule has 0 saturated carbocycles. The first-order valence-corrected chi connectivity index (χ1v) is 9.60. The number of hydrogen-bond acceptors (Lipinski definition) is 3. The zero-order valence-electron chi connectivity index (χ0n) is 16.0. The lowest BCUT2D eigenvalue weighted by Crippen LogP contribution is -2.34. The molecule has 0 bridgehead atoms. The third-order valence-corrected chi connectivity index (χ3v) is 5.54. The van der Waals surface area contributed by atoms with E-state index in [2.05, 4.69) is 34.9 Å². The van der Waals surface area contributed by atoms with Gasteiger partial charge in [-0.15, -0.1) is 0 Å². The van der Waals surface area contributed by atoms with Gasteiger partial charge in [-0.2, -0.15) is 0 Å². The fourth-order valence-corrected chi connectivity index (χ4v) is 4.38. The van der Waals surface area contributed by atoms with Gasteiger partial charge in [0, 0.05) is 17.5 Å². The summed E-state index contributed by atoms with van der Waals surface area (Å²) in [7, 11) is 1.71. The third-order valence-electron chi connectivity index (χ3n) is 5.54. The van der Waals surface area contributed by atoms with E-state index in [0.717, 1.165) is 23.4 Å². The average Bonchev–Trinajstić information content (AvgIpc) is 3.16. The van der Waals surface area contributed by atoms with Gasteiger partial charge in [0.2, 0.25) is 0 Å². The fourth-order valence-electron chi connectivity index (χ4n) is 4.38. The van der Waals surface area contributed by atoms with Crippen LogP contribution in [0.4, 0.5) is 5.69 Å². The van der Waals surface area contributed by atoms with E-state index in [4.69, 9.17) is 4.74 Å². The monoisotopic (exact) mass is 362 g/mol. The second-order valence-corrected chi connectivity index (χ2v) is 7.62. The second-order valence-electron chi connectivity index (χ2n) is 7.62. The maximum absolute atomic E-state index is 12.8. The Hall–Kier alpha value is -2.75. The van der Waals surface area contributed by atoms with Crippen molar-refractivity contribution in [3.63, 3.8) is 0 Å². The molecule has 1 aliphatic heterocycles. The molecule has 4 heteroatoms. The molecule has 0 saturated heterocycles. The van der Waals surface area contributed by atoms with Gasteiger partial charge in [0.1, 0.15) is 5.75 Å². The van der Waals surface area contributed by atoms with Gasteiger partial charge in [-0.3, -0.25) is 4.79 Å². The Labute approximate surface area is 160 Å². The van der Waals surface area contributed by atoms with Crippen LogP contribution in [0.15, 0.2) is 54.6 Å². The summed E-state index contributed by atoms with van der Waals surface area (Å²) in [5.74, 6) is 1.57. The molecule has 2 aromatic carbocycles. The molecule has 0 fully saturated rings. The standard InChI is InChI=1S/C23H26N2O2/c1-14(2)24-23(26)19-12-7-11-17-15-9-6-10-16(15)21(25-22(17)19)18-8-4-5-13-20(18)27-3/h4-9,11-16,21,25H,10H2,1-3H3,(H,24,26). The molecule has 0 aromatic heterocycles.